The summed E-state index contributed by atoms with van der Waals surface area (Å²) < 4.78 is 0. The van der Waals surface area contributed by atoms with Gasteiger partial charge >= 0.3 is 0 Å². The number of hydrogen-bond donors (Lipinski definition) is 1. The number of carbonyl (C=O) groups is 3. The monoisotopic (exact) mass is 404 g/mol. The predicted molar refractivity (Wildman–Crippen MR) is 101 cm³/mol. The molecule has 7 atom stereocenters. The van der Waals surface area contributed by atoms with Crippen LogP contribution in [0.3, 0.4) is 0 Å². The maximum absolute atomic E-state index is 13.1. The molecular weight excluding hydrogens is 387 g/mol. The van der Waals surface area contributed by atoms with E-state index in [1.165, 1.54) is 11.0 Å². The molecule has 3 fully saturated rings. The highest BCUT2D eigenvalue weighted by atomic mass is 35.5. The SMILES string of the molecule is C[C@H](C(=O)Nc1ccc(Cl)cc1Cl)N1C(=O)[C@@H]2[C@H]3C=C[C@@H]([C@@H]4C[C@H]34)[C@H]2C1=O. The Morgan fingerprint density at radius 3 is 2.26 bits per heavy atom. The number of benzene rings is 1. The smallest absolute Gasteiger partial charge is 0.247 e. The number of hydrogen-bond acceptors (Lipinski definition) is 3. The molecular formula is C20H18Cl2N2O3. The molecule has 3 amide bonds. The van der Waals surface area contributed by atoms with Gasteiger partial charge in [0.1, 0.15) is 6.04 Å². The second-order valence-corrected chi connectivity index (χ2v) is 8.83. The molecule has 6 rings (SSSR count). The number of carbonyl (C=O) groups excluding carboxylic acids is 3. The summed E-state index contributed by atoms with van der Waals surface area (Å²) in [5.41, 5.74) is 0.400. The Labute approximate surface area is 166 Å². The van der Waals surface area contributed by atoms with Crippen molar-refractivity contribution in [1.29, 1.82) is 0 Å². The van der Waals surface area contributed by atoms with Crippen LogP contribution in [0.2, 0.25) is 10.0 Å². The van der Waals surface area contributed by atoms with E-state index in [-0.39, 0.29) is 35.5 Å². The van der Waals surface area contributed by atoms with Crippen LogP contribution in [0, 0.1) is 35.5 Å². The minimum Gasteiger partial charge on any atom is -0.323 e. The Bertz CT molecular complexity index is 878. The fourth-order valence-electron chi connectivity index (χ4n) is 5.31. The van der Waals surface area contributed by atoms with Gasteiger partial charge in [0, 0.05) is 5.02 Å². The number of anilines is 1. The van der Waals surface area contributed by atoms with Crippen molar-refractivity contribution in [3.05, 3.63) is 40.4 Å². The highest BCUT2D eigenvalue weighted by Crippen LogP contribution is 2.65. The molecule has 2 bridgehead atoms. The van der Waals surface area contributed by atoms with Gasteiger partial charge in [0.05, 0.1) is 22.5 Å². The van der Waals surface area contributed by atoms with E-state index >= 15 is 0 Å². The Hall–Kier alpha value is -1.85. The molecule has 2 saturated carbocycles. The first kappa shape index (κ1) is 17.3. The Kier molecular flexibility index (Phi) is 3.72. The number of imide groups is 1. The van der Waals surface area contributed by atoms with Gasteiger partial charge in [-0.2, -0.15) is 0 Å². The highest BCUT2D eigenvalue weighted by Gasteiger charge is 2.67. The molecule has 5 aliphatic rings. The van der Waals surface area contributed by atoms with Crippen LogP contribution < -0.4 is 5.32 Å². The van der Waals surface area contributed by atoms with Gasteiger partial charge < -0.3 is 5.32 Å². The number of nitrogens with one attached hydrogen (secondary N) is 1. The zero-order chi connectivity index (χ0) is 19.0. The van der Waals surface area contributed by atoms with Crippen molar-refractivity contribution in [3.63, 3.8) is 0 Å². The summed E-state index contributed by atoms with van der Waals surface area (Å²) in [5.74, 6) is -0.0925. The van der Waals surface area contributed by atoms with E-state index in [1.54, 1.807) is 19.1 Å². The van der Waals surface area contributed by atoms with Crippen molar-refractivity contribution in [2.45, 2.75) is 19.4 Å². The fraction of sp³-hybridized carbons (Fsp3) is 0.450. The lowest BCUT2D eigenvalue weighted by Crippen LogP contribution is -2.46. The molecule has 5 nitrogen and oxygen atoms in total. The van der Waals surface area contributed by atoms with Gasteiger partial charge in [0.15, 0.2) is 0 Å². The first-order valence-corrected chi connectivity index (χ1v) is 9.95. The molecule has 4 aliphatic carbocycles. The average molecular weight is 405 g/mol. The van der Waals surface area contributed by atoms with Crippen LogP contribution >= 0.6 is 23.2 Å². The molecule has 0 unspecified atom stereocenters. The van der Waals surface area contributed by atoms with Crippen molar-refractivity contribution < 1.29 is 14.4 Å². The van der Waals surface area contributed by atoms with Crippen LogP contribution in [0.5, 0.6) is 0 Å². The highest BCUT2D eigenvalue weighted by molar-refractivity contribution is 6.36. The Morgan fingerprint density at radius 1 is 1.11 bits per heavy atom. The van der Waals surface area contributed by atoms with Crippen LogP contribution in [0.25, 0.3) is 0 Å². The predicted octanol–water partition coefficient (Wildman–Crippen LogP) is 3.37. The van der Waals surface area contributed by atoms with E-state index in [0.717, 1.165) is 6.42 Å². The van der Waals surface area contributed by atoms with E-state index in [2.05, 4.69) is 17.5 Å². The van der Waals surface area contributed by atoms with Gasteiger partial charge in [-0.1, -0.05) is 35.4 Å². The van der Waals surface area contributed by atoms with Crippen LogP contribution in [0.4, 0.5) is 5.69 Å². The van der Waals surface area contributed by atoms with E-state index in [4.69, 9.17) is 23.2 Å². The number of halogens is 2. The second-order valence-electron chi connectivity index (χ2n) is 7.99. The number of amides is 3. The molecule has 27 heavy (non-hydrogen) atoms. The van der Waals surface area contributed by atoms with E-state index < -0.39 is 11.9 Å². The Balaban J connectivity index is 1.38. The van der Waals surface area contributed by atoms with E-state index in [0.29, 0.717) is 27.6 Å². The van der Waals surface area contributed by atoms with Crippen LogP contribution in [0.15, 0.2) is 30.4 Å². The largest absolute Gasteiger partial charge is 0.323 e. The van der Waals surface area contributed by atoms with Crippen molar-refractivity contribution in [1.82, 2.24) is 4.90 Å². The minimum atomic E-state index is -0.891. The maximum Gasteiger partial charge on any atom is 0.247 e. The summed E-state index contributed by atoms with van der Waals surface area (Å²) in [7, 11) is 0. The molecule has 0 spiro atoms. The van der Waals surface area contributed by atoms with Crippen molar-refractivity contribution in [2.75, 3.05) is 5.32 Å². The van der Waals surface area contributed by atoms with Gasteiger partial charge in [0.25, 0.3) is 0 Å². The number of likely N-dealkylation sites (tertiary alicyclic amines) is 1. The fourth-order valence-corrected chi connectivity index (χ4v) is 5.76. The number of rotatable bonds is 3. The zero-order valence-electron chi connectivity index (χ0n) is 14.6. The average Bonchev–Trinajstić information content (AvgIpc) is 3.41. The first-order valence-electron chi connectivity index (χ1n) is 9.19. The van der Waals surface area contributed by atoms with Gasteiger partial charge in [-0.3, -0.25) is 19.3 Å². The first-order chi connectivity index (χ1) is 12.9. The molecule has 1 aliphatic heterocycles. The molecule has 1 N–H and O–H groups in total. The number of allylic oxidation sites excluding steroid dienone is 2. The van der Waals surface area contributed by atoms with Crippen LogP contribution in [0.1, 0.15) is 13.3 Å². The van der Waals surface area contributed by atoms with Gasteiger partial charge in [-0.25, -0.2) is 0 Å². The lowest BCUT2D eigenvalue weighted by Gasteiger charge is -2.37. The van der Waals surface area contributed by atoms with Gasteiger partial charge in [-0.05, 0) is 55.2 Å². The molecule has 140 valence electrons. The summed E-state index contributed by atoms with van der Waals surface area (Å²) in [4.78, 5) is 40.0. The van der Waals surface area contributed by atoms with Gasteiger partial charge in [0.2, 0.25) is 17.7 Å². The molecule has 1 aromatic carbocycles. The molecule has 0 radical (unpaired) electrons. The van der Waals surface area contributed by atoms with Crippen molar-refractivity contribution >= 4 is 46.6 Å². The summed E-state index contributed by atoms with van der Waals surface area (Å²) >= 11 is 12.0. The molecule has 0 aromatic heterocycles. The molecule has 1 aromatic rings. The summed E-state index contributed by atoms with van der Waals surface area (Å²) in [5, 5.41) is 3.46. The third kappa shape index (κ3) is 2.41. The second kappa shape index (κ2) is 5.82. The lowest BCUT2D eigenvalue weighted by molar-refractivity contribution is -0.146. The molecule has 7 heteroatoms. The molecule has 1 saturated heterocycles. The topological polar surface area (TPSA) is 66.5 Å². The standard InChI is InChI=1S/C20H18Cl2N2O3/c1-8(18(25)23-15-5-2-9(21)6-14(15)22)24-19(26)16-10-3-4-11(13-7-12(10)13)17(16)20(24)27/h2-6,8,10-13,16-17H,7H2,1H3,(H,23,25)/t8-,10+,11+,12-,13+,16-,17-/m1/s1. The lowest BCUT2D eigenvalue weighted by atomic mass is 9.63. The minimum absolute atomic E-state index is 0.146. The van der Waals surface area contributed by atoms with Crippen molar-refractivity contribution in [2.24, 2.45) is 35.5 Å². The Morgan fingerprint density at radius 2 is 1.70 bits per heavy atom. The van der Waals surface area contributed by atoms with Crippen LogP contribution in [-0.2, 0) is 14.4 Å². The summed E-state index contributed by atoms with van der Waals surface area (Å²) in [6, 6.07) is 3.85. The quantitative estimate of drug-likeness (QED) is 0.620. The zero-order valence-corrected chi connectivity index (χ0v) is 16.1. The normalized spacial score (nSPS) is 36.5. The van der Waals surface area contributed by atoms with Crippen LogP contribution in [-0.4, -0.2) is 28.7 Å². The summed E-state index contributed by atoms with van der Waals surface area (Å²) in [6.45, 7) is 1.59. The number of nitrogens with zero attached hydrogens (tertiary/aromatic N) is 1. The third-order valence-corrected chi connectivity index (χ3v) is 7.20. The molecule has 1 heterocycles. The van der Waals surface area contributed by atoms with E-state index in [9.17, 15) is 14.4 Å². The third-order valence-electron chi connectivity index (χ3n) is 6.65. The van der Waals surface area contributed by atoms with E-state index in [1.807, 2.05) is 0 Å². The van der Waals surface area contributed by atoms with Gasteiger partial charge in [-0.15, -0.1) is 0 Å². The van der Waals surface area contributed by atoms with Crippen molar-refractivity contribution in [3.8, 4) is 0 Å². The maximum atomic E-state index is 13.1. The summed E-state index contributed by atoms with van der Waals surface area (Å²) in [6.07, 6.45) is 5.35.